The first-order valence-electron chi connectivity index (χ1n) is 9.08. The molecular formula is C21H22N2O4. The van der Waals surface area contributed by atoms with Gasteiger partial charge in [-0.2, -0.15) is 0 Å². The second-order valence-corrected chi connectivity index (χ2v) is 6.91. The van der Waals surface area contributed by atoms with Crippen LogP contribution in [0.3, 0.4) is 0 Å². The summed E-state index contributed by atoms with van der Waals surface area (Å²) in [6, 6.07) is 11.5. The second kappa shape index (κ2) is 6.95. The number of amides is 2. The molecule has 1 fully saturated rings. The van der Waals surface area contributed by atoms with Crippen LogP contribution in [0.4, 0.5) is 0 Å². The Hall–Kier alpha value is -3.02. The van der Waals surface area contributed by atoms with Crippen molar-refractivity contribution in [2.75, 3.05) is 20.8 Å². The molecule has 0 bridgehead atoms. The van der Waals surface area contributed by atoms with Gasteiger partial charge in [0.2, 0.25) is 0 Å². The number of fused-ring (bicyclic) bond motifs is 1. The molecule has 2 aromatic carbocycles. The van der Waals surface area contributed by atoms with E-state index in [2.05, 4.69) is 10.6 Å². The van der Waals surface area contributed by atoms with E-state index in [1.165, 1.54) is 0 Å². The molecule has 0 unspecified atom stereocenters. The summed E-state index contributed by atoms with van der Waals surface area (Å²) in [4.78, 5) is 25.0. The van der Waals surface area contributed by atoms with Crippen molar-refractivity contribution in [2.24, 2.45) is 0 Å². The average Bonchev–Trinajstić information content (AvgIpc) is 3.41. The van der Waals surface area contributed by atoms with E-state index in [9.17, 15) is 9.59 Å². The van der Waals surface area contributed by atoms with Crippen molar-refractivity contribution < 1.29 is 19.1 Å². The van der Waals surface area contributed by atoms with Crippen LogP contribution < -0.4 is 20.1 Å². The van der Waals surface area contributed by atoms with Crippen LogP contribution in [0.2, 0.25) is 0 Å². The monoisotopic (exact) mass is 366 g/mol. The van der Waals surface area contributed by atoms with E-state index < -0.39 is 0 Å². The largest absolute Gasteiger partial charge is 0.497 e. The molecule has 2 aliphatic rings. The topological polar surface area (TPSA) is 76.7 Å². The first-order valence-corrected chi connectivity index (χ1v) is 9.08. The predicted molar refractivity (Wildman–Crippen MR) is 101 cm³/mol. The lowest BCUT2D eigenvalue weighted by atomic mass is 9.90. The van der Waals surface area contributed by atoms with E-state index in [1.807, 2.05) is 30.3 Å². The molecule has 2 aromatic rings. The fourth-order valence-corrected chi connectivity index (χ4v) is 3.39. The highest BCUT2D eigenvalue weighted by atomic mass is 16.5. The first-order chi connectivity index (χ1) is 13.1. The molecule has 27 heavy (non-hydrogen) atoms. The third-order valence-corrected chi connectivity index (χ3v) is 5.03. The van der Waals surface area contributed by atoms with E-state index >= 15 is 0 Å². The lowest BCUT2D eigenvalue weighted by molar-refractivity contribution is 0.0951. The Labute approximate surface area is 157 Å². The summed E-state index contributed by atoms with van der Waals surface area (Å²) in [7, 11) is 3.20. The van der Waals surface area contributed by atoms with Gasteiger partial charge >= 0.3 is 0 Å². The number of ether oxygens (including phenoxy) is 2. The lowest BCUT2D eigenvalue weighted by Gasteiger charge is -2.13. The smallest absolute Gasteiger partial charge is 0.254 e. The summed E-state index contributed by atoms with van der Waals surface area (Å²) >= 11 is 0. The molecule has 1 heterocycles. The Morgan fingerprint density at radius 2 is 1.96 bits per heavy atom. The van der Waals surface area contributed by atoms with Crippen LogP contribution in [-0.4, -0.2) is 38.6 Å². The zero-order valence-electron chi connectivity index (χ0n) is 15.4. The van der Waals surface area contributed by atoms with Crippen molar-refractivity contribution in [3.05, 3.63) is 58.7 Å². The molecule has 2 N–H and O–H groups in total. The van der Waals surface area contributed by atoms with Gasteiger partial charge in [0, 0.05) is 30.1 Å². The number of benzene rings is 2. The maximum absolute atomic E-state index is 12.6. The molecule has 1 aliphatic carbocycles. The maximum Gasteiger partial charge on any atom is 0.254 e. The zero-order chi connectivity index (χ0) is 19.0. The van der Waals surface area contributed by atoms with E-state index in [4.69, 9.17) is 9.47 Å². The number of hydrogen-bond donors (Lipinski definition) is 2. The van der Waals surface area contributed by atoms with Crippen LogP contribution in [0.25, 0.3) is 0 Å². The number of carbonyl (C=O) groups is 2. The molecule has 4 rings (SSSR count). The van der Waals surface area contributed by atoms with Crippen molar-refractivity contribution in [3.63, 3.8) is 0 Å². The van der Waals surface area contributed by atoms with Crippen molar-refractivity contribution in [1.29, 1.82) is 0 Å². The summed E-state index contributed by atoms with van der Waals surface area (Å²) in [6.45, 7) is 0.417. The van der Waals surface area contributed by atoms with Crippen molar-refractivity contribution >= 4 is 11.8 Å². The van der Waals surface area contributed by atoms with Gasteiger partial charge in [-0.05, 0) is 42.7 Å². The molecule has 0 spiro atoms. The maximum atomic E-state index is 12.6. The molecule has 0 saturated heterocycles. The normalized spacial score (nSPS) is 17.6. The van der Waals surface area contributed by atoms with Gasteiger partial charge < -0.3 is 20.1 Å². The standard InChI is InChI=1S/C21H22N2O4/c1-22-21(25)17-10-13(20(24)23-14-6-7-14)9-16-18(11-27-19(16)17)12-4-3-5-15(8-12)26-2/h3-5,8-10,14,18H,6-7,11H2,1-2H3,(H,22,25)(H,23,24)/t18-/m1/s1. The molecule has 6 heteroatoms. The van der Waals surface area contributed by atoms with Crippen LogP contribution in [-0.2, 0) is 0 Å². The number of hydrogen-bond acceptors (Lipinski definition) is 4. The van der Waals surface area contributed by atoms with Crippen molar-refractivity contribution in [2.45, 2.75) is 24.8 Å². The van der Waals surface area contributed by atoms with Gasteiger partial charge in [0.15, 0.2) is 0 Å². The first kappa shape index (κ1) is 17.4. The molecule has 1 aliphatic heterocycles. The van der Waals surface area contributed by atoms with Gasteiger partial charge in [0.1, 0.15) is 11.5 Å². The number of methoxy groups -OCH3 is 1. The van der Waals surface area contributed by atoms with E-state index in [-0.39, 0.29) is 23.8 Å². The number of carbonyl (C=O) groups excluding carboxylic acids is 2. The third kappa shape index (κ3) is 3.35. The van der Waals surface area contributed by atoms with Crippen LogP contribution in [0.5, 0.6) is 11.5 Å². The van der Waals surface area contributed by atoms with Gasteiger partial charge in [-0.1, -0.05) is 12.1 Å². The second-order valence-electron chi connectivity index (χ2n) is 6.91. The Balaban J connectivity index is 1.77. The number of nitrogens with one attached hydrogen (secondary N) is 2. The van der Waals surface area contributed by atoms with Crippen LogP contribution in [0, 0.1) is 0 Å². The van der Waals surface area contributed by atoms with Crippen molar-refractivity contribution in [1.82, 2.24) is 10.6 Å². The van der Waals surface area contributed by atoms with Crippen molar-refractivity contribution in [3.8, 4) is 11.5 Å². The van der Waals surface area contributed by atoms with Gasteiger partial charge in [-0.15, -0.1) is 0 Å². The highest BCUT2D eigenvalue weighted by Gasteiger charge is 2.32. The van der Waals surface area contributed by atoms with Gasteiger partial charge in [-0.3, -0.25) is 9.59 Å². The minimum Gasteiger partial charge on any atom is -0.497 e. The highest BCUT2D eigenvalue weighted by molar-refractivity contribution is 6.02. The van der Waals surface area contributed by atoms with Crippen LogP contribution >= 0.6 is 0 Å². The minimum absolute atomic E-state index is 0.0628. The quantitative estimate of drug-likeness (QED) is 0.852. The Morgan fingerprint density at radius 3 is 2.67 bits per heavy atom. The zero-order valence-corrected chi connectivity index (χ0v) is 15.4. The van der Waals surface area contributed by atoms with E-state index in [0.717, 1.165) is 29.7 Å². The summed E-state index contributed by atoms with van der Waals surface area (Å²) < 4.78 is 11.2. The highest BCUT2D eigenvalue weighted by Crippen LogP contribution is 2.42. The Morgan fingerprint density at radius 1 is 1.15 bits per heavy atom. The van der Waals surface area contributed by atoms with Crippen LogP contribution in [0.1, 0.15) is 50.6 Å². The molecule has 0 radical (unpaired) electrons. The van der Waals surface area contributed by atoms with Gasteiger partial charge in [-0.25, -0.2) is 0 Å². The average molecular weight is 366 g/mol. The van der Waals surface area contributed by atoms with E-state index in [1.54, 1.807) is 20.2 Å². The molecular weight excluding hydrogens is 344 g/mol. The molecule has 2 amide bonds. The van der Waals surface area contributed by atoms with Gasteiger partial charge in [0.05, 0.1) is 19.3 Å². The Bertz CT molecular complexity index is 905. The van der Waals surface area contributed by atoms with Crippen LogP contribution in [0.15, 0.2) is 36.4 Å². The van der Waals surface area contributed by atoms with Gasteiger partial charge in [0.25, 0.3) is 11.8 Å². The summed E-state index contributed by atoms with van der Waals surface area (Å²) in [5.74, 6) is 0.827. The summed E-state index contributed by atoms with van der Waals surface area (Å²) in [6.07, 6.45) is 2.02. The fourth-order valence-electron chi connectivity index (χ4n) is 3.39. The molecule has 140 valence electrons. The summed E-state index contributed by atoms with van der Waals surface area (Å²) in [5.41, 5.74) is 2.75. The Kier molecular flexibility index (Phi) is 4.48. The molecule has 6 nitrogen and oxygen atoms in total. The molecule has 1 atom stereocenters. The third-order valence-electron chi connectivity index (χ3n) is 5.03. The minimum atomic E-state index is -0.265. The van der Waals surface area contributed by atoms with E-state index in [0.29, 0.717) is 23.5 Å². The summed E-state index contributed by atoms with van der Waals surface area (Å²) in [5, 5.41) is 5.62. The predicted octanol–water partition coefficient (Wildman–Crippen LogP) is 2.47. The SMILES string of the molecule is CNC(=O)c1cc(C(=O)NC2CC2)cc2c1OC[C@@H]2c1cccc(OC)c1. The molecule has 0 aromatic heterocycles. The molecule has 1 saturated carbocycles. The lowest BCUT2D eigenvalue weighted by Crippen LogP contribution is -2.26. The fraction of sp³-hybridized carbons (Fsp3) is 0.333. The number of rotatable bonds is 5.